The molecule has 0 N–H and O–H groups in total. The molecule has 5 nitrogen and oxygen atoms in total. The van der Waals surface area contributed by atoms with Gasteiger partial charge in [-0.3, -0.25) is 4.79 Å². The number of hydrogen-bond acceptors (Lipinski definition) is 5. The van der Waals surface area contributed by atoms with Gasteiger partial charge in [0.2, 0.25) is 6.29 Å². The maximum atomic E-state index is 11.1. The monoisotopic (exact) mass is 332 g/mol. The first-order valence-electron chi connectivity index (χ1n) is 8.04. The third-order valence-electron chi connectivity index (χ3n) is 4.67. The molecule has 22 heavy (non-hydrogen) atoms. The minimum absolute atomic E-state index is 0.00724. The summed E-state index contributed by atoms with van der Waals surface area (Å²) in [7, 11) is -0.0456. The molecule has 1 fully saturated rings. The Morgan fingerprint density at radius 1 is 1.27 bits per heavy atom. The predicted molar refractivity (Wildman–Crippen MR) is 88.2 cm³/mol. The average molecular weight is 333 g/mol. The Balaban J connectivity index is 2.48. The van der Waals surface area contributed by atoms with Crippen LogP contribution in [-0.2, 0) is 23.4 Å². The first-order valence-corrected chi connectivity index (χ1v) is 11.0. The Hall–Kier alpha value is -0.433. The largest absolute Gasteiger partial charge is 0.436 e. The second-order valence-electron chi connectivity index (χ2n) is 7.52. The molecule has 130 valence electrons. The van der Waals surface area contributed by atoms with E-state index in [1.807, 2.05) is 0 Å². The quantitative estimate of drug-likeness (QED) is 0.550. The molecule has 3 atom stereocenters. The first-order chi connectivity index (χ1) is 10.0. The van der Waals surface area contributed by atoms with Crippen molar-refractivity contribution in [3.05, 3.63) is 0 Å². The minimum atomic E-state index is -1.73. The highest BCUT2D eigenvalue weighted by Crippen LogP contribution is 2.36. The van der Waals surface area contributed by atoms with Crippen LogP contribution in [0.25, 0.3) is 0 Å². The number of carbonyl (C=O) groups is 1. The summed E-state index contributed by atoms with van der Waals surface area (Å²) in [5.74, 6) is -0.321. The number of hydrogen-bond donors (Lipinski definition) is 0. The van der Waals surface area contributed by atoms with Crippen LogP contribution in [0.2, 0.25) is 18.1 Å². The SMILES string of the molecule is CO[C@@H]1C[C@@H](CCO[Si](C)(C)C(C)(C)C)O[C@H](OC(C)=O)C1. The maximum absolute atomic E-state index is 11.1. The van der Waals surface area contributed by atoms with Crippen molar-refractivity contribution in [2.75, 3.05) is 13.7 Å². The summed E-state index contributed by atoms with van der Waals surface area (Å²) >= 11 is 0. The summed E-state index contributed by atoms with van der Waals surface area (Å²) < 4.78 is 22.6. The van der Waals surface area contributed by atoms with E-state index in [2.05, 4.69) is 33.9 Å². The van der Waals surface area contributed by atoms with E-state index in [0.29, 0.717) is 13.0 Å². The molecule has 1 rings (SSSR count). The van der Waals surface area contributed by atoms with E-state index < -0.39 is 14.6 Å². The molecule has 1 aliphatic rings. The molecule has 0 aromatic heterocycles. The third kappa shape index (κ3) is 5.99. The van der Waals surface area contributed by atoms with Crippen molar-refractivity contribution >= 4 is 14.3 Å². The van der Waals surface area contributed by atoms with Crippen molar-refractivity contribution in [1.29, 1.82) is 0 Å². The van der Waals surface area contributed by atoms with Gasteiger partial charge in [0.25, 0.3) is 0 Å². The molecular formula is C16H32O5Si. The van der Waals surface area contributed by atoms with E-state index in [1.165, 1.54) is 6.92 Å². The third-order valence-corrected chi connectivity index (χ3v) is 9.20. The maximum Gasteiger partial charge on any atom is 0.304 e. The van der Waals surface area contributed by atoms with Crippen molar-refractivity contribution in [3.63, 3.8) is 0 Å². The highest BCUT2D eigenvalue weighted by molar-refractivity contribution is 6.74. The minimum Gasteiger partial charge on any atom is -0.436 e. The Morgan fingerprint density at radius 2 is 1.91 bits per heavy atom. The molecule has 1 aliphatic heterocycles. The molecule has 0 aromatic rings. The average Bonchev–Trinajstić information content (AvgIpc) is 2.36. The van der Waals surface area contributed by atoms with Gasteiger partial charge in [0.15, 0.2) is 8.32 Å². The van der Waals surface area contributed by atoms with Gasteiger partial charge in [0, 0.05) is 33.5 Å². The Bertz CT molecular complexity index is 364. The van der Waals surface area contributed by atoms with Gasteiger partial charge in [-0.25, -0.2) is 0 Å². The summed E-state index contributed by atoms with van der Waals surface area (Å²) in [4.78, 5) is 11.1. The lowest BCUT2D eigenvalue weighted by Crippen LogP contribution is -2.43. The van der Waals surface area contributed by atoms with E-state index >= 15 is 0 Å². The van der Waals surface area contributed by atoms with Gasteiger partial charge in [0.1, 0.15) is 0 Å². The lowest BCUT2D eigenvalue weighted by Gasteiger charge is -2.38. The summed E-state index contributed by atoms with van der Waals surface area (Å²) in [5, 5.41) is 0.204. The lowest BCUT2D eigenvalue weighted by molar-refractivity contribution is -0.218. The number of rotatable bonds is 6. The van der Waals surface area contributed by atoms with Gasteiger partial charge in [-0.05, 0) is 24.6 Å². The van der Waals surface area contributed by atoms with Crippen LogP contribution in [0.4, 0.5) is 0 Å². The molecule has 1 heterocycles. The topological polar surface area (TPSA) is 54.0 Å². The summed E-state index contributed by atoms with van der Waals surface area (Å²) in [6.45, 7) is 13.2. The van der Waals surface area contributed by atoms with Crippen LogP contribution in [0.3, 0.4) is 0 Å². The number of esters is 1. The molecule has 1 saturated heterocycles. The fourth-order valence-electron chi connectivity index (χ4n) is 2.23. The smallest absolute Gasteiger partial charge is 0.304 e. The predicted octanol–water partition coefficient (Wildman–Crippen LogP) is 3.48. The Kier molecular flexibility index (Phi) is 7.04. The molecule has 0 radical (unpaired) electrons. The second kappa shape index (κ2) is 7.90. The molecule has 0 aromatic carbocycles. The molecule has 0 aliphatic carbocycles. The Morgan fingerprint density at radius 3 is 2.41 bits per heavy atom. The van der Waals surface area contributed by atoms with Gasteiger partial charge in [-0.2, -0.15) is 0 Å². The molecular weight excluding hydrogens is 300 g/mol. The lowest BCUT2D eigenvalue weighted by atomic mass is 10.0. The highest BCUT2D eigenvalue weighted by atomic mass is 28.4. The van der Waals surface area contributed by atoms with Crippen LogP contribution >= 0.6 is 0 Å². The van der Waals surface area contributed by atoms with Crippen molar-refractivity contribution in [1.82, 2.24) is 0 Å². The number of carbonyl (C=O) groups excluding carboxylic acids is 1. The number of methoxy groups -OCH3 is 1. The van der Waals surface area contributed by atoms with Crippen molar-refractivity contribution in [2.24, 2.45) is 0 Å². The fourth-order valence-corrected chi connectivity index (χ4v) is 3.29. The fraction of sp³-hybridized carbons (Fsp3) is 0.938. The highest BCUT2D eigenvalue weighted by Gasteiger charge is 2.37. The van der Waals surface area contributed by atoms with Crippen LogP contribution in [0, 0.1) is 0 Å². The normalized spacial score (nSPS) is 26.8. The van der Waals surface area contributed by atoms with Gasteiger partial charge < -0.3 is 18.6 Å². The van der Waals surface area contributed by atoms with E-state index in [9.17, 15) is 4.79 Å². The first kappa shape index (κ1) is 19.6. The number of ether oxygens (including phenoxy) is 3. The summed E-state index contributed by atoms with van der Waals surface area (Å²) in [5.41, 5.74) is 0. The van der Waals surface area contributed by atoms with Gasteiger partial charge in [-0.1, -0.05) is 20.8 Å². The molecule has 0 unspecified atom stereocenters. The van der Waals surface area contributed by atoms with Gasteiger partial charge in [0.05, 0.1) is 12.2 Å². The zero-order chi connectivity index (χ0) is 17.0. The molecule has 0 saturated carbocycles. The molecule has 0 spiro atoms. The molecule has 0 bridgehead atoms. The van der Waals surface area contributed by atoms with Crippen molar-refractivity contribution in [2.45, 2.75) is 83.6 Å². The van der Waals surface area contributed by atoms with Crippen LogP contribution < -0.4 is 0 Å². The van der Waals surface area contributed by atoms with Gasteiger partial charge >= 0.3 is 5.97 Å². The van der Waals surface area contributed by atoms with E-state index in [-0.39, 0.29) is 23.2 Å². The standard InChI is InChI=1S/C16H32O5Si/c1-12(17)20-15-11-14(18-5)10-13(21-15)8-9-19-22(6,7)16(2,3)4/h13-15H,8-11H2,1-7H3/t13-,14-,15+/m1/s1. The second-order valence-corrected chi connectivity index (χ2v) is 12.3. The van der Waals surface area contributed by atoms with Crippen LogP contribution in [0.15, 0.2) is 0 Å². The van der Waals surface area contributed by atoms with E-state index in [4.69, 9.17) is 18.6 Å². The molecule has 0 amide bonds. The van der Waals surface area contributed by atoms with Crippen molar-refractivity contribution in [3.8, 4) is 0 Å². The van der Waals surface area contributed by atoms with Crippen molar-refractivity contribution < 1.29 is 23.4 Å². The van der Waals surface area contributed by atoms with Crippen LogP contribution in [0.1, 0.15) is 47.0 Å². The Labute approximate surface area is 135 Å². The summed E-state index contributed by atoms with van der Waals surface area (Å²) in [6.07, 6.45) is 1.77. The zero-order valence-corrected chi connectivity index (χ0v) is 16.1. The zero-order valence-electron chi connectivity index (χ0n) is 15.1. The van der Waals surface area contributed by atoms with Crippen LogP contribution in [0.5, 0.6) is 0 Å². The van der Waals surface area contributed by atoms with E-state index in [1.54, 1.807) is 7.11 Å². The molecule has 6 heteroatoms. The van der Waals surface area contributed by atoms with E-state index in [0.717, 1.165) is 12.8 Å². The van der Waals surface area contributed by atoms with Crippen LogP contribution in [-0.4, -0.2) is 46.5 Å². The summed E-state index contributed by atoms with van der Waals surface area (Å²) in [6, 6.07) is 0. The van der Waals surface area contributed by atoms with Gasteiger partial charge in [-0.15, -0.1) is 0 Å².